The normalized spacial score (nSPS) is 21.5. The van der Waals surface area contributed by atoms with Gasteiger partial charge >= 0.3 is 0 Å². The lowest BCUT2D eigenvalue weighted by atomic mass is 9.94. The molecule has 1 aromatic heterocycles. The van der Waals surface area contributed by atoms with Crippen LogP contribution >= 0.6 is 0 Å². The molecule has 2 aliphatic rings. The molecule has 2 aliphatic heterocycles. The van der Waals surface area contributed by atoms with E-state index in [1.54, 1.807) is 0 Å². The number of ether oxygens (including phenoxy) is 1. The summed E-state index contributed by atoms with van der Waals surface area (Å²) >= 11 is 0. The molecule has 3 heterocycles. The summed E-state index contributed by atoms with van der Waals surface area (Å²) in [5.74, 6) is 1.15. The van der Waals surface area contributed by atoms with Gasteiger partial charge in [-0.1, -0.05) is 0 Å². The monoisotopic (exact) mass is 341 g/mol. The van der Waals surface area contributed by atoms with Crippen molar-refractivity contribution in [2.75, 3.05) is 32.8 Å². The van der Waals surface area contributed by atoms with Crippen molar-refractivity contribution in [1.29, 1.82) is 0 Å². The standard InChI is InChI=1S/C17H25F2N3O2/c18-17(19)15-9-16(23)22(12-20-15)11-13-1-5-21(6-2-13)10-14-3-7-24-8-4-14/h9,12-14,17H,1-8,10-11H2. The van der Waals surface area contributed by atoms with Gasteiger partial charge in [0.1, 0.15) is 5.69 Å². The lowest BCUT2D eigenvalue weighted by Gasteiger charge is -2.35. The van der Waals surface area contributed by atoms with Crippen LogP contribution in [0.1, 0.15) is 37.8 Å². The van der Waals surface area contributed by atoms with Gasteiger partial charge < -0.3 is 9.64 Å². The Morgan fingerprint density at radius 2 is 1.79 bits per heavy atom. The summed E-state index contributed by atoms with van der Waals surface area (Å²) in [6, 6.07) is 0.949. The number of hydrogen-bond donors (Lipinski definition) is 0. The summed E-state index contributed by atoms with van der Waals surface area (Å²) in [6.45, 7) is 5.55. The summed E-state index contributed by atoms with van der Waals surface area (Å²) in [6.07, 6.45) is 2.94. The van der Waals surface area contributed by atoms with Gasteiger partial charge in [-0.25, -0.2) is 13.8 Å². The Morgan fingerprint density at radius 1 is 1.12 bits per heavy atom. The van der Waals surface area contributed by atoms with Gasteiger partial charge in [-0.05, 0) is 50.6 Å². The molecule has 2 fully saturated rings. The van der Waals surface area contributed by atoms with E-state index in [4.69, 9.17) is 4.74 Å². The summed E-state index contributed by atoms with van der Waals surface area (Å²) in [7, 11) is 0. The fourth-order valence-corrected chi connectivity index (χ4v) is 3.62. The van der Waals surface area contributed by atoms with E-state index < -0.39 is 12.1 Å². The van der Waals surface area contributed by atoms with Gasteiger partial charge in [0.15, 0.2) is 0 Å². The summed E-state index contributed by atoms with van der Waals surface area (Å²) in [4.78, 5) is 18.1. The van der Waals surface area contributed by atoms with Crippen molar-refractivity contribution in [3.8, 4) is 0 Å². The number of likely N-dealkylation sites (tertiary alicyclic amines) is 1. The molecule has 1 aromatic rings. The van der Waals surface area contributed by atoms with Crippen LogP contribution in [0.15, 0.2) is 17.2 Å². The molecule has 0 atom stereocenters. The smallest absolute Gasteiger partial charge is 0.280 e. The van der Waals surface area contributed by atoms with Crippen molar-refractivity contribution < 1.29 is 13.5 Å². The number of hydrogen-bond acceptors (Lipinski definition) is 4. The van der Waals surface area contributed by atoms with Crippen molar-refractivity contribution in [1.82, 2.24) is 14.5 Å². The van der Waals surface area contributed by atoms with Crippen molar-refractivity contribution in [2.45, 2.75) is 38.7 Å². The lowest BCUT2D eigenvalue weighted by molar-refractivity contribution is 0.0461. The first kappa shape index (κ1) is 17.5. The van der Waals surface area contributed by atoms with Crippen LogP contribution in [-0.4, -0.2) is 47.3 Å². The third-order valence-electron chi connectivity index (χ3n) is 5.14. The highest BCUT2D eigenvalue weighted by molar-refractivity contribution is 5.00. The maximum Gasteiger partial charge on any atom is 0.280 e. The van der Waals surface area contributed by atoms with E-state index in [2.05, 4.69) is 9.88 Å². The maximum absolute atomic E-state index is 12.5. The van der Waals surface area contributed by atoms with Crippen LogP contribution in [0.25, 0.3) is 0 Å². The van der Waals surface area contributed by atoms with E-state index in [1.807, 2.05) is 0 Å². The highest BCUT2D eigenvalue weighted by Gasteiger charge is 2.23. The highest BCUT2D eigenvalue weighted by Crippen LogP contribution is 2.22. The van der Waals surface area contributed by atoms with E-state index >= 15 is 0 Å². The largest absolute Gasteiger partial charge is 0.381 e. The molecule has 7 heteroatoms. The highest BCUT2D eigenvalue weighted by atomic mass is 19.3. The number of piperidine rings is 1. The Labute approximate surface area is 140 Å². The molecule has 24 heavy (non-hydrogen) atoms. The zero-order chi connectivity index (χ0) is 16.9. The third kappa shape index (κ3) is 4.60. The Kier molecular flexibility index (Phi) is 5.94. The molecule has 0 bridgehead atoms. The zero-order valence-electron chi connectivity index (χ0n) is 13.9. The first-order valence-electron chi connectivity index (χ1n) is 8.76. The molecule has 0 spiro atoms. The minimum absolute atomic E-state index is 0.384. The molecule has 0 saturated carbocycles. The first-order valence-corrected chi connectivity index (χ1v) is 8.76. The molecule has 0 aliphatic carbocycles. The Bertz CT molecular complexity index is 579. The molecule has 2 saturated heterocycles. The van der Waals surface area contributed by atoms with Gasteiger partial charge in [-0.3, -0.25) is 9.36 Å². The van der Waals surface area contributed by atoms with Crippen LogP contribution in [0.2, 0.25) is 0 Å². The average molecular weight is 341 g/mol. The van der Waals surface area contributed by atoms with Gasteiger partial charge in [0, 0.05) is 32.4 Å². The summed E-state index contributed by atoms with van der Waals surface area (Å²) < 4.78 is 32.0. The van der Waals surface area contributed by atoms with Gasteiger partial charge in [0.25, 0.3) is 12.0 Å². The quantitative estimate of drug-likeness (QED) is 0.825. The van der Waals surface area contributed by atoms with E-state index in [1.165, 1.54) is 10.9 Å². The Morgan fingerprint density at radius 3 is 2.42 bits per heavy atom. The van der Waals surface area contributed by atoms with Crippen molar-refractivity contribution in [2.24, 2.45) is 11.8 Å². The predicted molar refractivity (Wildman–Crippen MR) is 86.2 cm³/mol. The van der Waals surface area contributed by atoms with Crippen molar-refractivity contribution in [3.63, 3.8) is 0 Å². The van der Waals surface area contributed by atoms with E-state index in [0.717, 1.165) is 70.5 Å². The number of rotatable bonds is 5. The predicted octanol–water partition coefficient (Wildman–Crippen LogP) is 2.32. The summed E-state index contributed by atoms with van der Waals surface area (Å²) in [5.41, 5.74) is -0.826. The number of nitrogens with zero attached hydrogens (tertiary/aromatic N) is 3. The van der Waals surface area contributed by atoms with E-state index in [0.29, 0.717) is 12.5 Å². The minimum Gasteiger partial charge on any atom is -0.381 e. The first-order chi connectivity index (χ1) is 11.6. The Hall–Kier alpha value is -1.34. The van der Waals surface area contributed by atoms with Crippen LogP contribution in [0.4, 0.5) is 8.78 Å². The third-order valence-corrected chi connectivity index (χ3v) is 5.14. The van der Waals surface area contributed by atoms with Crippen LogP contribution in [-0.2, 0) is 11.3 Å². The lowest BCUT2D eigenvalue weighted by Crippen LogP contribution is -2.40. The van der Waals surface area contributed by atoms with Crippen molar-refractivity contribution in [3.05, 3.63) is 28.4 Å². The van der Waals surface area contributed by atoms with Crippen LogP contribution in [0.3, 0.4) is 0 Å². The fourth-order valence-electron chi connectivity index (χ4n) is 3.62. The second kappa shape index (κ2) is 8.16. The number of aromatic nitrogens is 2. The topological polar surface area (TPSA) is 47.4 Å². The molecule has 3 rings (SSSR count). The van der Waals surface area contributed by atoms with Gasteiger partial charge in [-0.2, -0.15) is 0 Å². The number of halogens is 2. The molecule has 0 N–H and O–H groups in total. The Balaban J connectivity index is 1.47. The van der Waals surface area contributed by atoms with Crippen LogP contribution in [0, 0.1) is 11.8 Å². The second-order valence-electron chi connectivity index (χ2n) is 6.90. The van der Waals surface area contributed by atoms with Gasteiger partial charge in [-0.15, -0.1) is 0 Å². The molecular weight excluding hydrogens is 316 g/mol. The fraction of sp³-hybridized carbons (Fsp3) is 0.765. The van der Waals surface area contributed by atoms with Gasteiger partial charge in [0.05, 0.1) is 6.33 Å². The van der Waals surface area contributed by atoms with Crippen LogP contribution in [0.5, 0.6) is 0 Å². The zero-order valence-corrected chi connectivity index (χ0v) is 13.9. The average Bonchev–Trinajstić information content (AvgIpc) is 2.59. The molecule has 0 aromatic carbocycles. The van der Waals surface area contributed by atoms with Crippen molar-refractivity contribution >= 4 is 0 Å². The second-order valence-corrected chi connectivity index (χ2v) is 6.90. The molecule has 5 nitrogen and oxygen atoms in total. The minimum atomic E-state index is -2.69. The molecule has 134 valence electrons. The maximum atomic E-state index is 12.5. The SMILES string of the molecule is O=c1cc(C(F)F)ncn1CC1CCN(CC2CCOCC2)CC1. The summed E-state index contributed by atoms with van der Waals surface area (Å²) in [5, 5.41) is 0. The molecule has 0 unspecified atom stereocenters. The van der Waals surface area contributed by atoms with E-state index in [9.17, 15) is 13.6 Å². The molecule has 0 amide bonds. The van der Waals surface area contributed by atoms with Crippen LogP contribution < -0.4 is 5.56 Å². The molecule has 0 radical (unpaired) electrons. The van der Waals surface area contributed by atoms with Gasteiger partial charge in [0.2, 0.25) is 0 Å². The molecular formula is C17H25F2N3O2. The number of alkyl halides is 2. The van der Waals surface area contributed by atoms with E-state index in [-0.39, 0.29) is 5.56 Å².